The van der Waals surface area contributed by atoms with Crippen LogP contribution in [0.2, 0.25) is 0 Å². The molecule has 0 atom stereocenters. The number of hydrogen-bond acceptors (Lipinski definition) is 4. The summed E-state index contributed by atoms with van der Waals surface area (Å²) in [7, 11) is -3.58. The summed E-state index contributed by atoms with van der Waals surface area (Å²) in [6, 6.07) is 3.21. The van der Waals surface area contributed by atoms with Gasteiger partial charge in [-0.25, -0.2) is 13.1 Å². The van der Waals surface area contributed by atoms with E-state index in [2.05, 4.69) is 30.8 Å². The zero-order valence-corrected chi connectivity index (χ0v) is 14.5. The molecule has 0 amide bonds. The van der Waals surface area contributed by atoms with Crippen molar-refractivity contribution < 1.29 is 12.8 Å². The van der Waals surface area contributed by atoms with Gasteiger partial charge in [-0.05, 0) is 36.4 Å². The largest absolute Gasteiger partial charge is 0.447 e. The molecule has 0 spiro atoms. The SMILES string of the molecule is CCCNCc1ccc(S(=O)(=O)NCC(C)(C)C(C)C)o1. The van der Waals surface area contributed by atoms with E-state index < -0.39 is 10.0 Å². The molecule has 1 rings (SSSR count). The van der Waals surface area contributed by atoms with E-state index in [1.54, 1.807) is 6.07 Å². The predicted molar refractivity (Wildman–Crippen MR) is 84.5 cm³/mol. The summed E-state index contributed by atoms with van der Waals surface area (Å²) in [5, 5.41) is 3.16. The van der Waals surface area contributed by atoms with Crippen LogP contribution in [0.1, 0.15) is 46.8 Å². The van der Waals surface area contributed by atoms with E-state index in [-0.39, 0.29) is 10.5 Å². The summed E-state index contributed by atoms with van der Waals surface area (Å²) in [6.07, 6.45) is 1.03. The van der Waals surface area contributed by atoms with Gasteiger partial charge in [0.25, 0.3) is 10.0 Å². The van der Waals surface area contributed by atoms with Crippen molar-refractivity contribution in [2.75, 3.05) is 13.1 Å². The van der Waals surface area contributed by atoms with E-state index >= 15 is 0 Å². The van der Waals surface area contributed by atoms with E-state index in [0.717, 1.165) is 13.0 Å². The highest BCUT2D eigenvalue weighted by molar-refractivity contribution is 7.89. The van der Waals surface area contributed by atoms with Crippen molar-refractivity contribution in [3.8, 4) is 0 Å². The average molecular weight is 316 g/mol. The lowest BCUT2D eigenvalue weighted by Gasteiger charge is -2.28. The van der Waals surface area contributed by atoms with Gasteiger partial charge < -0.3 is 9.73 Å². The van der Waals surface area contributed by atoms with Gasteiger partial charge in [0.05, 0.1) is 6.54 Å². The second-order valence-corrected chi connectivity index (χ2v) is 8.06. The molecule has 0 fully saturated rings. The Morgan fingerprint density at radius 2 is 1.95 bits per heavy atom. The molecule has 1 heterocycles. The van der Waals surface area contributed by atoms with Crippen LogP contribution in [0.5, 0.6) is 0 Å². The zero-order chi connectivity index (χ0) is 16.1. The third kappa shape index (κ3) is 5.45. The molecule has 0 aliphatic heterocycles. The van der Waals surface area contributed by atoms with Gasteiger partial charge in [-0.1, -0.05) is 34.6 Å². The minimum atomic E-state index is -3.58. The van der Waals surface area contributed by atoms with Crippen LogP contribution in [0.4, 0.5) is 0 Å². The maximum Gasteiger partial charge on any atom is 0.273 e. The van der Waals surface area contributed by atoms with Gasteiger partial charge in [0.2, 0.25) is 5.09 Å². The maximum atomic E-state index is 12.2. The third-order valence-corrected chi connectivity index (χ3v) is 5.18. The first-order chi connectivity index (χ1) is 9.69. The van der Waals surface area contributed by atoms with Crippen LogP contribution in [0.25, 0.3) is 0 Å². The summed E-state index contributed by atoms with van der Waals surface area (Å²) in [6.45, 7) is 12.1. The first-order valence-corrected chi connectivity index (χ1v) is 8.96. The molecular weight excluding hydrogens is 288 g/mol. The molecule has 6 heteroatoms. The monoisotopic (exact) mass is 316 g/mol. The second kappa shape index (κ2) is 7.42. The van der Waals surface area contributed by atoms with Gasteiger partial charge >= 0.3 is 0 Å². The molecule has 0 bridgehead atoms. The van der Waals surface area contributed by atoms with Crippen LogP contribution in [-0.2, 0) is 16.6 Å². The van der Waals surface area contributed by atoms with Crippen molar-refractivity contribution in [2.24, 2.45) is 11.3 Å². The van der Waals surface area contributed by atoms with E-state index in [1.165, 1.54) is 6.07 Å². The van der Waals surface area contributed by atoms with Crippen molar-refractivity contribution in [2.45, 2.75) is 52.7 Å². The van der Waals surface area contributed by atoms with Gasteiger partial charge in [0.15, 0.2) is 0 Å². The average Bonchev–Trinajstić information content (AvgIpc) is 2.86. The Kier molecular flexibility index (Phi) is 6.43. The lowest BCUT2D eigenvalue weighted by Crippen LogP contribution is -2.36. The fourth-order valence-electron chi connectivity index (χ4n) is 1.54. The number of furan rings is 1. The third-order valence-electron chi connectivity index (χ3n) is 3.91. The fourth-order valence-corrected chi connectivity index (χ4v) is 2.71. The molecule has 0 unspecified atom stereocenters. The van der Waals surface area contributed by atoms with Crippen molar-refractivity contribution >= 4 is 10.0 Å². The summed E-state index contributed by atoms with van der Waals surface area (Å²) in [4.78, 5) is 0. The summed E-state index contributed by atoms with van der Waals surface area (Å²) < 4.78 is 32.5. The Labute approximate surface area is 128 Å². The first kappa shape index (κ1) is 18.2. The summed E-state index contributed by atoms with van der Waals surface area (Å²) in [5.41, 5.74) is -0.106. The number of sulfonamides is 1. The molecule has 0 aromatic carbocycles. The second-order valence-electron chi connectivity index (χ2n) is 6.37. The summed E-state index contributed by atoms with van der Waals surface area (Å²) >= 11 is 0. The Hall–Kier alpha value is -0.850. The molecule has 1 aromatic rings. The molecule has 0 saturated carbocycles. The molecule has 122 valence electrons. The minimum absolute atomic E-state index is 0.0182. The van der Waals surface area contributed by atoms with Crippen molar-refractivity contribution in [3.05, 3.63) is 17.9 Å². The molecule has 5 nitrogen and oxygen atoms in total. The molecule has 0 aliphatic rings. The molecular formula is C15H28N2O3S. The normalized spacial score (nSPS) is 13.0. The maximum absolute atomic E-state index is 12.2. The van der Waals surface area contributed by atoms with E-state index in [0.29, 0.717) is 24.8 Å². The molecule has 0 saturated heterocycles. The van der Waals surface area contributed by atoms with Gasteiger partial charge in [0.1, 0.15) is 5.76 Å². The smallest absolute Gasteiger partial charge is 0.273 e. The van der Waals surface area contributed by atoms with Crippen LogP contribution >= 0.6 is 0 Å². The molecule has 0 radical (unpaired) electrons. The Balaban J connectivity index is 2.66. The van der Waals surface area contributed by atoms with E-state index in [4.69, 9.17) is 4.42 Å². The summed E-state index contributed by atoms with van der Waals surface area (Å²) in [5.74, 6) is 1.01. The molecule has 21 heavy (non-hydrogen) atoms. The lowest BCUT2D eigenvalue weighted by molar-refractivity contribution is 0.251. The molecule has 0 aliphatic carbocycles. The standard InChI is InChI=1S/C15H28N2O3S/c1-6-9-16-10-13-7-8-14(20-13)21(18,19)17-11-15(4,5)12(2)3/h7-8,12,16-17H,6,9-11H2,1-5H3. The van der Waals surface area contributed by atoms with Crippen LogP contribution < -0.4 is 10.0 Å². The number of nitrogens with one attached hydrogen (secondary N) is 2. The number of rotatable bonds is 9. The van der Waals surface area contributed by atoms with Crippen molar-refractivity contribution in [1.82, 2.24) is 10.0 Å². The van der Waals surface area contributed by atoms with Gasteiger partial charge in [0, 0.05) is 6.54 Å². The predicted octanol–water partition coefficient (Wildman–Crippen LogP) is 2.74. The molecule has 1 aromatic heterocycles. The zero-order valence-electron chi connectivity index (χ0n) is 13.7. The van der Waals surface area contributed by atoms with Crippen LogP contribution in [0.15, 0.2) is 21.6 Å². The highest BCUT2D eigenvalue weighted by atomic mass is 32.2. The van der Waals surface area contributed by atoms with Gasteiger partial charge in [-0.3, -0.25) is 0 Å². The topological polar surface area (TPSA) is 71.3 Å². The van der Waals surface area contributed by atoms with E-state index in [9.17, 15) is 8.42 Å². The number of hydrogen-bond donors (Lipinski definition) is 2. The molecule has 2 N–H and O–H groups in total. The lowest BCUT2D eigenvalue weighted by atomic mass is 9.81. The fraction of sp³-hybridized carbons (Fsp3) is 0.733. The first-order valence-electron chi connectivity index (χ1n) is 7.48. The van der Waals surface area contributed by atoms with Crippen LogP contribution in [0.3, 0.4) is 0 Å². The Morgan fingerprint density at radius 1 is 1.29 bits per heavy atom. The van der Waals surface area contributed by atoms with E-state index in [1.807, 2.05) is 13.8 Å². The van der Waals surface area contributed by atoms with Gasteiger partial charge in [-0.15, -0.1) is 0 Å². The van der Waals surface area contributed by atoms with Crippen molar-refractivity contribution in [3.63, 3.8) is 0 Å². The van der Waals surface area contributed by atoms with Crippen LogP contribution in [-0.4, -0.2) is 21.5 Å². The van der Waals surface area contributed by atoms with Gasteiger partial charge in [-0.2, -0.15) is 0 Å². The minimum Gasteiger partial charge on any atom is -0.447 e. The quantitative estimate of drug-likeness (QED) is 0.687. The van der Waals surface area contributed by atoms with Crippen molar-refractivity contribution in [1.29, 1.82) is 0 Å². The Bertz CT molecular complexity index is 533. The van der Waals surface area contributed by atoms with Crippen LogP contribution in [0, 0.1) is 11.3 Å². The highest BCUT2D eigenvalue weighted by Crippen LogP contribution is 2.25. The Morgan fingerprint density at radius 3 is 2.52 bits per heavy atom. The highest BCUT2D eigenvalue weighted by Gasteiger charge is 2.26.